The molecular weight excluding hydrogens is 280 g/mol. The molecule has 2 heterocycles. The lowest BCUT2D eigenvalue weighted by molar-refractivity contribution is 0.0982. The second-order valence-corrected chi connectivity index (χ2v) is 4.82. The highest BCUT2D eigenvalue weighted by Gasteiger charge is 2.13. The first-order valence-corrected chi connectivity index (χ1v) is 6.91. The van der Waals surface area contributed by atoms with Crippen molar-refractivity contribution >= 4 is 5.78 Å². The Bertz CT molecular complexity index is 742. The van der Waals surface area contributed by atoms with Crippen molar-refractivity contribution in [1.29, 1.82) is 0 Å². The molecule has 22 heavy (non-hydrogen) atoms. The lowest BCUT2D eigenvalue weighted by Crippen LogP contribution is -2.08. The molecule has 0 amide bonds. The summed E-state index contributed by atoms with van der Waals surface area (Å²) in [7, 11) is 0. The average molecular weight is 294 g/mol. The van der Waals surface area contributed by atoms with Crippen LogP contribution >= 0.6 is 0 Å². The zero-order valence-electron chi connectivity index (χ0n) is 11.8. The molecule has 110 valence electrons. The van der Waals surface area contributed by atoms with Gasteiger partial charge < -0.3 is 0 Å². The van der Waals surface area contributed by atoms with Crippen LogP contribution in [0.15, 0.2) is 42.7 Å². The Balaban J connectivity index is 1.64. The van der Waals surface area contributed by atoms with Gasteiger partial charge in [0.2, 0.25) is 11.6 Å². The van der Waals surface area contributed by atoms with Crippen LogP contribution in [0.25, 0.3) is 0 Å². The maximum Gasteiger partial charge on any atom is 0.240 e. The van der Waals surface area contributed by atoms with Gasteiger partial charge in [0.25, 0.3) is 0 Å². The van der Waals surface area contributed by atoms with E-state index in [1.807, 2.05) is 24.3 Å². The average Bonchev–Trinajstić information content (AvgIpc) is 3.09. The van der Waals surface area contributed by atoms with Crippen molar-refractivity contribution < 1.29 is 4.79 Å². The number of aromatic nitrogens is 6. The van der Waals surface area contributed by atoms with Crippen LogP contribution in [0.3, 0.4) is 0 Å². The predicted molar refractivity (Wildman–Crippen MR) is 78.1 cm³/mol. The Labute approximate surface area is 126 Å². The number of hydrogen-bond donors (Lipinski definition) is 1. The number of rotatable bonds is 6. The third kappa shape index (κ3) is 3.57. The second-order valence-electron chi connectivity index (χ2n) is 4.82. The summed E-state index contributed by atoms with van der Waals surface area (Å²) >= 11 is 0. The maximum absolute atomic E-state index is 11.9. The first-order valence-electron chi connectivity index (χ1n) is 6.91. The van der Waals surface area contributed by atoms with E-state index in [0.717, 1.165) is 18.5 Å². The molecular formula is C15H14N6O. The van der Waals surface area contributed by atoms with Crippen molar-refractivity contribution in [1.82, 2.24) is 30.6 Å². The maximum atomic E-state index is 11.9. The van der Waals surface area contributed by atoms with Gasteiger partial charge in [-0.25, -0.2) is 9.97 Å². The van der Waals surface area contributed by atoms with E-state index in [1.165, 1.54) is 11.9 Å². The molecule has 0 saturated heterocycles. The van der Waals surface area contributed by atoms with Crippen LogP contribution in [0, 0.1) is 0 Å². The van der Waals surface area contributed by atoms with Crippen LogP contribution in [-0.2, 0) is 19.3 Å². The van der Waals surface area contributed by atoms with Gasteiger partial charge in [-0.1, -0.05) is 30.3 Å². The second kappa shape index (κ2) is 6.66. The first kappa shape index (κ1) is 14.0. The van der Waals surface area contributed by atoms with Crippen molar-refractivity contribution in [2.24, 2.45) is 0 Å². The number of Topliss-reactive ketones (excluding diaryl/α,β-unsaturated/α-hetero) is 1. The van der Waals surface area contributed by atoms with Crippen molar-refractivity contribution in [3.05, 3.63) is 65.5 Å². The van der Waals surface area contributed by atoms with Gasteiger partial charge in [-0.3, -0.25) is 4.79 Å². The van der Waals surface area contributed by atoms with Gasteiger partial charge in [-0.05, 0) is 29.7 Å². The highest BCUT2D eigenvalue weighted by atomic mass is 16.1. The van der Waals surface area contributed by atoms with E-state index in [-0.39, 0.29) is 18.0 Å². The molecule has 0 fully saturated rings. The molecule has 0 aliphatic carbocycles. The number of carbonyl (C=O) groups excluding carboxylic acids is 1. The molecule has 0 radical (unpaired) electrons. The molecule has 0 atom stereocenters. The van der Waals surface area contributed by atoms with Gasteiger partial charge in [-0.2, -0.15) is 5.21 Å². The monoisotopic (exact) mass is 294 g/mol. The number of aromatic amines is 1. The summed E-state index contributed by atoms with van der Waals surface area (Å²) in [5, 5.41) is 13.0. The standard InChI is InChI=1S/C15H14N6O/c22-14(15-18-20-21-19-15)9-13-8-12(16-10-17-13)7-6-11-4-2-1-3-5-11/h1-5,8,10H,6-7,9H2,(H,18,19,20,21). The zero-order valence-corrected chi connectivity index (χ0v) is 11.8. The molecule has 3 rings (SSSR count). The van der Waals surface area contributed by atoms with E-state index in [0.29, 0.717) is 5.69 Å². The van der Waals surface area contributed by atoms with E-state index in [9.17, 15) is 4.79 Å². The van der Waals surface area contributed by atoms with Crippen LogP contribution in [0.1, 0.15) is 27.6 Å². The number of nitrogens with zero attached hydrogens (tertiary/aromatic N) is 5. The molecule has 0 bridgehead atoms. The van der Waals surface area contributed by atoms with Crippen molar-refractivity contribution in [3.63, 3.8) is 0 Å². The van der Waals surface area contributed by atoms with E-state index in [1.54, 1.807) is 0 Å². The molecule has 0 saturated carbocycles. The smallest absolute Gasteiger partial charge is 0.240 e. The highest BCUT2D eigenvalue weighted by molar-refractivity contribution is 5.93. The van der Waals surface area contributed by atoms with Crippen molar-refractivity contribution in [2.75, 3.05) is 0 Å². The number of H-pyrrole nitrogens is 1. The minimum Gasteiger partial charge on any atom is -0.290 e. The molecule has 0 aliphatic rings. The van der Waals surface area contributed by atoms with Crippen LogP contribution in [0.2, 0.25) is 0 Å². The third-order valence-corrected chi connectivity index (χ3v) is 3.23. The van der Waals surface area contributed by atoms with Gasteiger partial charge in [0, 0.05) is 5.69 Å². The summed E-state index contributed by atoms with van der Waals surface area (Å²) < 4.78 is 0. The van der Waals surface area contributed by atoms with Gasteiger partial charge >= 0.3 is 0 Å². The molecule has 1 aromatic carbocycles. The molecule has 0 spiro atoms. The predicted octanol–water partition coefficient (Wildman–Crippen LogP) is 1.20. The Hall–Kier alpha value is -2.96. The Morgan fingerprint density at radius 1 is 1.05 bits per heavy atom. The molecule has 7 heteroatoms. The summed E-state index contributed by atoms with van der Waals surface area (Å²) in [6.07, 6.45) is 3.32. The summed E-state index contributed by atoms with van der Waals surface area (Å²) in [5.74, 6) is -0.147. The molecule has 1 N–H and O–H groups in total. The summed E-state index contributed by atoms with van der Waals surface area (Å²) in [6.45, 7) is 0. The molecule has 2 aromatic heterocycles. The van der Waals surface area contributed by atoms with E-state index >= 15 is 0 Å². The van der Waals surface area contributed by atoms with Gasteiger partial charge in [-0.15, -0.1) is 10.2 Å². The fourth-order valence-electron chi connectivity index (χ4n) is 2.12. The Morgan fingerprint density at radius 2 is 1.86 bits per heavy atom. The highest BCUT2D eigenvalue weighted by Crippen LogP contribution is 2.07. The van der Waals surface area contributed by atoms with Crippen LogP contribution in [0.4, 0.5) is 0 Å². The number of carbonyl (C=O) groups is 1. The molecule has 0 unspecified atom stereocenters. The number of aryl methyl sites for hydroxylation is 2. The number of nitrogens with one attached hydrogen (secondary N) is 1. The Kier molecular flexibility index (Phi) is 4.24. The largest absolute Gasteiger partial charge is 0.290 e. The van der Waals surface area contributed by atoms with Crippen LogP contribution < -0.4 is 0 Å². The normalized spacial score (nSPS) is 10.5. The fourth-order valence-corrected chi connectivity index (χ4v) is 2.12. The number of benzene rings is 1. The van der Waals surface area contributed by atoms with E-state index < -0.39 is 0 Å². The van der Waals surface area contributed by atoms with E-state index in [2.05, 4.69) is 42.7 Å². The van der Waals surface area contributed by atoms with Gasteiger partial charge in [0.1, 0.15) is 6.33 Å². The minimum absolute atomic E-state index is 0.0736. The number of tetrazole rings is 1. The third-order valence-electron chi connectivity index (χ3n) is 3.23. The lowest BCUT2D eigenvalue weighted by Gasteiger charge is -2.03. The summed E-state index contributed by atoms with van der Waals surface area (Å²) in [6, 6.07) is 12.1. The molecule has 0 aliphatic heterocycles. The molecule has 7 nitrogen and oxygen atoms in total. The van der Waals surface area contributed by atoms with Crippen LogP contribution in [0.5, 0.6) is 0 Å². The number of ketones is 1. The minimum atomic E-state index is -0.221. The van der Waals surface area contributed by atoms with Crippen LogP contribution in [-0.4, -0.2) is 36.4 Å². The van der Waals surface area contributed by atoms with Gasteiger partial charge in [0.15, 0.2) is 0 Å². The summed E-state index contributed by atoms with van der Waals surface area (Å²) in [4.78, 5) is 20.3. The van der Waals surface area contributed by atoms with Crippen molar-refractivity contribution in [2.45, 2.75) is 19.3 Å². The SMILES string of the molecule is O=C(Cc1cc(CCc2ccccc2)ncn1)c1nn[nH]n1. The summed E-state index contributed by atoms with van der Waals surface area (Å²) in [5.41, 5.74) is 2.83. The first-order chi connectivity index (χ1) is 10.8. The quantitative estimate of drug-likeness (QED) is 0.686. The van der Waals surface area contributed by atoms with Crippen molar-refractivity contribution in [3.8, 4) is 0 Å². The van der Waals surface area contributed by atoms with E-state index in [4.69, 9.17) is 0 Å². The fraction of sp³-hybridized carbons (Fsp3) is 0.200. The van der Waals surface area contributed by atoms with Gasteiger partial charge in [0.05, 0.1) is 12.1 Å². The molecule has 3 aromatic rings. The zero-order chi connectivity index (χ0) is 15.2. The topological polar surface area (TPSA) is 97.3 Å². The number of hydrogen-bond acceptors (Lipinski definition) is 6. The Morgan fingerprint density at radius 3 is 2.64 bits per heavy atom. The lowest BCUT2D eigenvalue weighted by atomic mass is 10.1.